The summed E-state index contributed by atoms with van der Waals surface area (Å²) in [4.78, 5) is 0. The van der Waals surface area contributed by atoms with Crippen molar-refractivity contribution >= 4 is 21.8 Å². The number of hydrogen-bond acceptors (Lipinski definition) is 3. The van der Waals surface area contributed by atoms with E-state index in [1.54, 1.807) is 0 Å². The second kappa shape index (κ2) is 10.5. The lowest BCUT2D eigenvalue weighted by Crippen LogP contribution is -2.16. The van der Waals surface area contributed by atoms with Crippen LogP contribution < -0.4 is 14.8 Å². The number of benzene rings is 3. The van der Waals surface area contributed by atoms with E-state index in [1.807, 2.05) is 69.4 Å². The molecule has 0 atom stereocenters. The van der Waals surface area contributed by atoms with Crippen LogP contribution in [0.1, 0.15) is 13.8 Å². The molecule has 4 aromatic rings. The topological polar surface area (TPSA) is 35.4 Å². The fourth-order valence-corrected chi connectivity index (χ4v) is 3.50. The van der Waals surface area contributed by atoms with Crippen molar-refractivity contribution in [3.63, 3.8) is 0 Å². The first kappa shape index (κ1) is 20.7. The Morgan fingerprint density at radius 1 is 0.931 bits per heavy atom. The summed E-state index contributed by atoms with van der Waals surface area (Å²) in [5.74, 6) is 1.92. The summed E-state index contributed by atoms with van der Waals surface area (Å²) in [5.41, 5.74) is 2.41. The fraction of sp³-hybridized carbons (Fsp3) is 0.280. The molecule has 152 valence electrons. The van der Waals surface area contributed by atoms with Crippen LogP contribution in [0.4, 0.5) is 0 Å². The van der Waals surface area contributed by atoms with Crippen LogP contribution in [-0.2, 0) is 6.54 Å². The third-order valence-electron chi connectivity index (χ3n) is 4.68. The Morgan fingerprint density at radius 2 is 1.62 bits per heavy atom. The maximum Gasteiger partial charge on any atom is 0.143 e. The van der Waals surface area contributed by atoms with Gasteiger partial charge >= 0.3 is 0 Å². The summed E-state index contributed by atoms with van der Waals surface area (Å²) >= 11 is 0. The SMILES string of the molecule is CC.CNCCOc1cccc2c1c1cccc3c1n2CCO3.c1ccccc1. The van der Waals surface area contributed by atoms with Crippen LogP contribution in [-0.4, -0.2) is 31.4 Å². The molecule has 0 saturated heterocycles. The molecular weight excluding hydrogens is 360 g/mol. The Hall–Kier alpha value is -2.98. The predicted octanol–water partition coefficient (Wildman–Crippen LogP) is 5.50. The third-order valence-corrected chi connectivity index (χ3v) is 4.68. The molecule has 5 rings (SSSR count). The minimum atomic E-state index is 0.665. The van der Waals surface area contributed by atoms with E-state index < -0.39 is 0 Å². The predicted molar refractivity (Wildman–Crippen MR) is 122 cm³/mol. The highest BCUT2D eigenvalue weighted by Gasteiger charge is 2.20. The van der Waals surface area contributed by atoms with Crippen LogP contribution in [0, 0.1) is 0 Å². The van der Waals surface area contributed by atoms with E-state index in [9.17, 15) is 0 Å². The van der Waals surface area contributed by atoms with Gasteiger partial charge in [-0.05, 0) is 25.2 Å². The molecule has 29 heavy (non-hydrogen) atoms. The molecule has 1 aliphatic rings. The first-order valence-electron chi connectivity index (χ1n) is 10.3. The Labute approximate surface area is 173 Å². The van der Waals surface area contributed by atoms with Crippen LogP contribution in [0.5, 0.6) is 11.5 Å². The van der Waals surface area contributed by atoms with Gasteiger partial charge in [-0.15, -0.1) is 0 Å². The molecule has 0 spiro atoms. The number of para-hydroxylation sites is 1. The van der Waals surface area contributed by atoms with Crippen LogP contribution in [0.3, 0.4) is 0 Å². The Bertz CT molecular complexity index is 999. The van der Waals surface area contributed by atoms with Crippen molar-refractivity contribution in [1.82, 2.24) is 9.88 Å². The maximum atomic E-state index is 5.97. The molecule has 0 aliphatic carbocycles. The number of likely N-dealkylation sites (N-methyl/N-ethyl adjacent to an activating group) is 1. The normalized spacial score (nSPS) is 11.7. The van der Waals surface area contributed by atoms with Gasteiger partial charge in [-0.3, -0.25) is 0 Å². The van der Waals surface area contributed by atoms with Gasteiger partial charge in [0.25, 0.3) is 0 Å². The summed E-state index contributed by atoms with van der Waals surface area (Å²) in [6.45, 7) is 7.11. The maximum absolute atomic E-state index is 5.97. The fourth-order valence-electron chi connectivity index (χ4n) is 3.50. The first-order chi connectivity index (χ1) is 14.4. The molecule has 4 heteroatoms. The van der Waals surface area contributed by atoms with E-state index in [0.29, 0.717) is 6.61 Å². The first-order valence-corrected chi connectivity index (χ1v) is 10.3. The van der Waals surface area contributed by atoms with E-state index in [0.717, 1.165) is 31.2 Å². The number of rotatable bonds is 4. The number of fused-ring (bicyclic) bond motifs is 3. The summed E-state index contributed by atoms with van der Waals surface area (Å²) < 4.78 is 14.1. The van der Waals surface area contributed by atoms with Crippen molar-refractivity contribution in [3.8, 4) is 11.5 Å². The number of nitrogens with zero attached hydrogens (tertiary/aromatic N) is 1. The highest BCUT2D eigenvalue weighted by atomic mass is 16.5. The van der Waals surface area contributed by atoms with Gasteiger partial charge in [0.2, 0.25) is 0 Å². The number of nitrogens with one attached hydrogen (secondary N) is 1. The Kier molecular flexibility index (Phi) is 7.54. The third kappa shape index (κ3) is 4.54. The van der Waals surface area contributed by atoms with Crippen molar-refractivity contribution in [2.45, 2.75) is 20.4 Å². The molecule has 4 nitrogen and oxygen atoms in total. The van der Waals surface area contributed by atoms with E-state index in [2.05, 4.69) is 34.1 Å². The quantitative estimate of drug-likeness (QED) is 0.468. The molecule has 1 N–H and O–H groups in total. The smallest absolute Gasteiger partial charge is 0.143 e. The van der Waals surface area contributed by atoms with Gasteiger partial charge in [-0.1, -0.05) is 68.4 Å². The standard InChI is InChI=1S/C17H18N2O2.C6H6.C2H6/c1-18-8-10-20-14-6-3-5-13-16(14)12-4-2-7-15-17(12)19(13)9-11-21-15;1-2-4-6-5-3-1;1-2/h2-7,18H,8-11H2,1H3;1-6H;1-2H3. The monoisotopic (exact) mass is 390 g/mol. The zero-order chi connectivity index (χ0) is 20.5. The van der Waals surface area contributed by atoms with Gasteiger partial charge in [-0.25, -0.2) is 0 Å². The van der Waals surface area contributed by atoms with E-state index in [1.165, 1.54) is 21.8 Å². The molecule has 0 bridgehead atoms. The lowest BCUT2D eigenvalue weighted by molar-refractivity contribution is 0.289. The molecular formula is C25H30N2O2. The average Bonchev–Trinajstić information content (AvgIpc) is 3.14. The molecule has 0 unspecified atom stereocenters. The zero-order valence-electron chi connectivity index (χ0n) is 17.5. The van der Waals surface area contributed by atoms with Crippen molar-refractivity contribution in [1.29, 1.82) is 0 Å². The molecule has 0 fully saturated rings. The molecule has 0 saturated carbocycles. The molecule has 1 aliphatic heterocycles. The van der Waals surface area contributed by atoms with E-state index >= 15 is 0 Å². The summed E-state index contributed by atoms with van der Waals surface area (Å²) in [6, 6.07) is 24.5. The van der Waals surface area contributed by atoms with Crippen LogP contribution >= 0.6 is 0 Å². The van der Waals surface area contributed by atoms with Crippen molar-refractivity contribution in [2.24, 2.45) is 0 Å². The Balaban J connectivity index is 0.000000256. The molecule has 1 aromatic heterocycles. The highest BCUT2D eigenvalue weighted by molar-refractivity contribution is 6.13. The van der Waals surface area contributed by atoms with E-state index in [-0.39, 0.29) is 0 Å². The van der Waals surface area contributed by atoms with Gasteiger partial charge < -0.3 is 19.4 Å². The minimum absolute atomic E-state index is 0.665. The lowest BCUT2D eigenvalue weighted by Gasteiger charge is -2.17. The minimum Gasteiger partial charge on any atom is -0.492 e. The number of ether oxygens (including phenoxy) is 2. The van der Waals surface area contributed by atoms with Gasteiger partial charge in [0, 0.05) is 17.3 Å². The van der Waals surface area contributed by atoms with Crippen molar-refractivity contribution < 1.29 is 9.47 Å². The number of aromatic nitrogens is 1. The van der Waals surface area contributed by atoms with Gasteiger partial charge in [-0.2, -0.15) is 0 Å². The van der Waals surface area contributed by atoms with Crippen molar-refractivity contribution in [3.05, 3.63) is 72.8 Å². The molecule has 0 radical (unpaired) electrons. The molecule has 3 aromatic carbocycles. The van der Waals surface area contributed by atoms with Crippen LogP contribution in [0.15, 0.2) is 72.8 Å². The second-order valence-electron chi connectivity index (χ2n) is 6.41. The summed E-state index contributed by atoms with van der Waals surface area (Å²) in [7, 11) is 1.93. The lowest BCUT2D eigenvalue weighted by atomic mass is 10.1. The molecule has 2 heterocycles. The van der Waals surface area contributed by atoms with Crippen molar-refractivity contribution in [2.75, 3.05) is 26.8 Å². The number of hydrogen-bond donors (Lipinski definition) is 1. The summed E-state index contributed by atoms with van der Waals surface area (Å²) in [6.07, 6.45) is 0. The van der Waals surface area contributed by atoms with Gasteiger partial charge in [0.05, 0.1) is 17.6 Å². The average molecular weight is 391 g/mol. The Morgan fingerprint density at radius 3 is 2.31 bits per heavy atom. The second-order valence-corrected chi connectivity index (χ2v) is 6.41. The van der Waals surface area contributed by atoms with E-state index in [4.69, 9.17) is 9.47 Å². The zero-order valence-corrected chi connectivity index (χ0v) is 17.5. The highest BCUT2D eigenvalue weighted by Crippen LogP contribution is 2.40. The molecule has 0 amide bonds. The van der Waals surface area contributed by atoms with Crippen LogP contribution in [0.2, 0.25) is 0 Å². The van der Waals surface area contributed by atoms with Crippen LogP contribution in [0.25, 0.3) is 21.8 Å². The van der Waals surface area contributed by atoms with Gasteiger partial charge in [0.15, 0.2) is 0 Å². The van der Waals surface area contributed by atoms with Gasteiger partial charge in [0.1, 0.15) is 24.7 Å². The largest absolute Gasteiger partial charge is 0.492 e. The summed E-state index contributed by atoms with van der Waals surface area (Å²) in [5, 5.41) is 5.51.